The first-order chi connectivity index (χ1) is 19.5. The predicted molar refractivity (Wildman–Crippen MR) is 150 cm³/mol. The number of carbonyl (C=O) groups is 1. The van der Waals surface area contributed by atoms with E-state index < -0.39 is 11.6 Å². The lowest BCUT2D eigenvalue weighted by atomic mass is 9.34. The van der Waals surface area contributed by atoms with E-state index in [9.17, 15) is 9.90 Å². The van der Waals surface area contributed by atoms with Crippen LogP contribution in [0.15, 0.2) is 42.5 Å². The topological polar surface area (TPSA) is 80.3 Å². The van der Waals surface area contributed by atoms with Gasteiger partial charge < -0.3 is 19.3 Å². The smallest absolute Gasteiger partial charge is 0.317 e. The summed E-state index contributed by atoms with van der Waals surface area (Å²) in [6.45, 7) is 2.21. The van der Waals surface area contributed by atoms with Crippen LogP contribution in [0, 0.1) is 17.3 Å². The first-order valence-electron chi connectivity index (χ1n) is 15.1. The number of hydrogen-bond acceptors (Lipinski definition) is 6. The van der Waals surface area contributed by atoms with Crippen molar-refractivity contribution < 1.29 is 24.1 Å². The van der Waals surface area contributed by atoms with Gasteiger partial charge >= 0.3 is 5.97 Å². The Morgan fingerprint density at radius 3 is 2.70 bits per heavy atom. The Labute approximate surface area is 236 Å². The van der Waals surface area contributed by atoms with Gasteiger partial charge in [0, 0.05) is 48.0 Å². The van der Waals surface area contributed by atoms with Crippen LogP contribution < -0.4 is 14.8 Å². The molecule has 0 radical (unpaired) electrons. The number of nitrogens with one attached hydrogen (secondary N) is 1. The summed E-state index contributed by atoms with van der Waals surface area (Å²) in [5.41, 5.74) is 3.32. The molecule has 2 heterocycles. The number of carboxylic acids is 1. The SMILES string of the molecule is COc1ccc2c3c1O[C@H]1[C@@]4(OC)CC[C@@]5(C[C@@H]4[C@H](NCC(=O)O)c4ccccc4)[C@@H](C2)N(CC2CC2)CC[C@]315. The van der Waals surface area contributed by atoms with Crippen molar-refractivity contribution in [2.24, 2.45) is 17.3 Å². The van der Waals surface area contributed by atoms with Crippen LogP contribution in [0.25, 0.3) is 0 Å². The summed E-state index contributed by atoms with van der Waals surface area (Å²) >= 11 is 0. The van der Waals surface area contributed by atoms with Crippen molar-refractivity contribution in [3.05, 3.63) is 59.2 Å². The number of piperidine rings is 1. The molecule has 212 valence electrons. The van der Waals surface area contributed by atoms with Crippen molar-refractivity contribution in [1.29, 1.82) is 0 Å². The number of aliphatic carboxylic acids is 1. The van der Waals surface area contributed by atoms with Crippen LogP contribution in [-0.4, -0.2) is 67.6 Å². The summed E-state index contributed by atoms with van der Waals surface area (Å²) in [6, 6.07) is 15.1. The number of carboxylic acid groups (broad SMARTS) is 1. The van der Waals surface area contributed by atoms with E-state index in [1.54, 1.807) is 7.11 Å². The Balaban J connectivity index is 1.32. The molecule has 2 aromatic rings. The van der Waals surface area contributed by atoms with Crippen LogP contribution in [0.2, 0.25) is 0 Å². The van der Waals surface area contributed by atoms with E-state index in [1.165, 1.54) is 30.5 Å². The quantitative estimate of drug-likeness (QED) is 0.486. The molecule has 9 rings (SSSR count). The third-order valence-electron chi connectivity index (χ3n) is 12.0. The Hall–Kier alpha value is -2.61. The summed E-state index contributed by atoms with van der Waals surface area (Å²) in [5, 5.41) is 13.2. The Morgan fingerprint density at radius 1 is 1.15 bits per heavy atom. The molecule has 2 N–H and O–H groups in total. The highest BCUT2D eigenvalue weighted by Crippen LogP contribution is 2.77. The summed E-state index contributed by atoms with van der Waals surface area (Å²) in [5.74, 6) is 1.82. The van der Waals surface area contributed by atoms with Gasteiger partial charge in [-0.3, -0.25) is 15.0 Å². The van der Waals surface area contributed by atoms with Crippen molar-refractivity contribution in [2.75, 3.05) is 33.9 Å². The maximum absolute atomic E-state index is 11.8. The number of rotatable bonds is 9. The molecule has 7 atom stereocenters. The minimum absolute atomic E-state index is 0.0400. The molecule has 7 aliphatic rings. The van der Waals surface area contributed by atoms with Crippen molar-refractivity contribution in [3.8, 4) is 11.5 Å². The second-order valence-corrected chi connectivity index (χ2v) is 13.3. The Kier molecular flexibility index (Phi) is 5.46. The molecule has 7 nitrogen and oxygen atoms in total. The molecule has 2 aliphatic heterocycles. The van der Waals surface area contributed by atoms with E-state index in [0.717, 1.165) is 61.6 Å². The molecular formula is C33H40N2O5. The molecular weight excluding hydrogens is 504 g/mol. The van der Waals surface area contributed by atoms with Crippen molar-refractivity contribution >= 4 is 5.97 Å². The van der Waals surface area contributed by atoms with Gasteiger partial charge in [-0.25, -0.2) is 0 Å². The van der Waals surface area contributed by atoms with E-state index in [0.29, 0.717) is 6.04 Å². The molecule has 2 aromatic carbocycles. The highest BCUT2D eigenvalue weighted by Gasteiger charge is 2.81. The molecule has 0 amide bonds. The number of ether oxygens (including phenoxy) is 3. The number of hydrogen-bond donors (Lipinski definition) is 2. The van der Waals surface area contributed by atoms with E-state index in [-0.39, 0.29) is 35.4 Å². The molecule has 0 unspecified atom stereocenters. The van der Waals surface area contributed by atoms with E-state index in [4.69, 9.17) is 14.2 Å². The summed E-state index contributed by atoms with van der Waals surface area (Å²) < 4.78 is 19.8. The zero-order valence-electron chi connectivity index (χ0n) is 23.5. The lowest BCUT2D eigenvalue weighted by Crippen LogP contribution is -2.81. The zero-order chi connectivity index (χ0) is 27.3. The summed E-state index contributed by atoms with van der Waals surface area (Å²) in [6.07, 6.45) is 7.72. The van der Waals surface area contributed by atoms with Gasteiger partial charge in [-0.2, -0.15) is 0 Å². The maximum atomic E-state index is 11.8. The predicted octanol–water partition coefficient (Wildman–Crippen LogP) is 4.34. The molecule has 4 bridgehead atoms. The minimum Gasteiger partial charge on any atom is -0.493 e. The van der Waals surface area contributed by atoms with Gasteiger partial charge in [-0.05, 0) is 74.6 Å². The molecule has 5 fully saturated rings. The van der Waals surface area contributed by atoms with Gasteiger partial charge in [-0.15, -0.1) is 0 Å². The molecule has 0 aromatic heterocycles. The molecule has 5 aliphatic carbocycles. The number of likely N-dealkylation sites (tertiary alicyclic amines) is 1. The third-order valence-corrected chi connectivity index (χ3v) is 12.0. The molecule has 40 heavy (non-hydrogen) atoms. The summed E-state index contributed by atoms with van der Waals surface area (Å²) in [4.78, 5) is 14.7. The summed E-state index contributed by atoms with van der Waals surface area (Å²) in [7, 11) is 3.60. The fraction of sp³-hybridized carbons (Fsp3) is 0.606. The van der Waals surface area contributed by atoms with Crippen LogP contribution in [0.1, 0.15) is 61.3 Å². The Bertz CT molecular complexity index is 1350. The number of nitrogens with zero attached hydrogens (tertiary/aromatic N) is 1. The second kappa shape index (κ2) is 8.70. The lowest BCUT2D eigenvalue weighted by Gasteiger charge is -2.74. The van der Waals surface area contributed by atoms with Crippen molar-refractivity contribution in [2.45, 2.75) is 74.1 Å². The largest absolute Gasteiger partial charge is 0.493 e. The van der Waals surface area contributed by atoms with E-state index in [1.807, 2.05) is 13.2 Å². The van der Waals surface area contributed by atoms with Gasteiger partial charge in [0.15, 0.2) is 11.5 Å². The highest BCUT2D eigenvalue weighted by molar-refractivity contribution is 5.69. The number of fused-ring (bicyclic) bond motifs is 2. The molecule has 4 saturated carbocycles. The van der Waals surface area contributed by atoms with Gasteiger partial charge in [0.1, 0.15) is 11.7 Å². The lowest BCUT2D eigenvalue weighted by molar-refractivity contribution is -0.282. The van der Waals surface area contributed by atoms with Crippen molar-refractivity contribution in [3.63, 3.8) is 0 Å². The zero-order valence-corrected chi connectivity index (χ0v) is 23.5. The monoisotopic (exact) mass is 544 g/mol. The normalized spacial score (nSPS) is 37.5. The minimum atomic E-state index is -0.841. The van der Waals surface area contributed by atoms with Gasteiger partial charge in [0.2, 0.25) is 0 Å². The van der Waals surface area contributed by atoms with Gasteiger partial charge in [0.25, 0.3) is 0 Å². The Morgan fingerprint density at radius 2 is 1.98 bits per heavy atom. The third kappa shape index (κ3) is 3.09. The van der Waals surface area contributed by atoms with Crippen LogP contribution in [-0.2, 0) is 21.4 Å². The van der Waals surface area contributed by atoms with Crippen LogP contribution >= 0.6 is 0 Å². The van der Waals surface area contributed by atoms with E-state index >= 15 is 0 Å². The maximum Gasteiger partial charge on any atom is 0.317 e. The standard InChI is InChI=1S/C33H40N2O5/c1-38-24-11-10-22-16-25-31-12-13-33(39-2,23(17-31)28(34-18-26(36)37)21-6-4-3-5-7-21)30-32(31,27(22)29(24)40-30)14-15-35(25)19-20-8-9-20/h3-7,10-11,20,23,25,28,30,34H,8-9,12-19H2,1-2H3,(H,36,37)/t23-,25-,28-,30-,31-,32+,33-/m1/s1. The van der Waals surface area contributed by atoms with Crippen molar-refractivity contribution in [1.82, 2.24) is 10.2 Å². The van der Waals surface area contributed by atoms with E-state index in [2.05, 4.69) is 46.6 Å². The van der Waals surface area contributed by atoms with Gasteiger partial charge in [0.05, 0.1) is 13.7 Å². The van der Waals surface area contributed by atoms with Gasteiger partial charge in [-0.1, -0.05) is 36.4 Å². The average Bonchev–Trinajstić information content (AvgIpc) is 3.72. The van der Waals surface area contributed by atoms with Crippen LogP contribution in [0.5, 0.6) is 11.5 Å². The van der Waals surface area contributed by atoms with Crippen LogP contribution in [0.3, 0.4) is 0 Å². The fourth-order valence-electron chi connectivity index (χ4n) is 10.3. The first-order valence-corrected chi connectivity index (χ1v) is 15.1. The molecule has 2 spiro atoms. The highest BCUT2D eigenvalue weighted by atomic mass is 16.6. The average molecular weight is 545 g/mol. The molecule has 7 heteroatoms. The number of benzene rings is 2. The number of methoxy groups -OCH3 is 2. The second-order valence-electron chi connectivity index (χ2n) is 13.3. The first kappa shape index (κ1) is 25.1. The fourth-order valence-corrected chi connectivity index (χ4v) is 10.3. The molecule has 1 saturated heterocycles. The van der Waals surface area contributed by atoms with Crippen LogP contribution in [0.4, 0.5) is 0 Å².